The fourth-order valence-electron chi connectivity index (χ4n) is 3.92. The number of nitrogens with one attached hydrogen (secondary N) is 1. The van der Waals surface area contributed by atoms with Gasteiger partial charge in [-0.05, 0) is 31.0 Å². The van der Waals surface area contributed by atoms with Crippen molar-refractivity contribution < 1.29 is 9.53 Å². The standard InChI is InChI=1S/C21H24N6O2/c28-21(26-7-1-2-8-26)23-17-5-3-4-16(14-17)18-6-9-27-19(15-22-20(27)24-18)25-10-12-29-13-11-25/h3-6,9,14-15H,1-2,7-8,10-13H2,(H,23,28). The summed E-state index contributed by atoms with van der Waals surface area (Å²) in [6, 6.07) is 9.74. The van der Waals surface area contributed by atoms with Crippen LogP contribution in [-0.4, -0.2) is 64.7 Å². The molecule has 0 aliphatic carbocycles. The molecule has 3 aromatic rings. The van der Waals surface area contributed by atoms with Crippen molar-refractivity contribution in [3.05, 3.63) is 42.7 Å². The van der Waals surface area contributed by atoms with Crippen molar-refractivity contribution in [1.82, 2.24) is 19.3 Å². The van der Waals surface area contributed by atoms with E-state index < -0.39 is 0 Å². The Bertz CT molecular complexity index is 1020. The lowest BCUT2D eigenvalue weighted by atomic mass is 10.1. The van der Waals surface area contributed by atoms with Crippen molar-refractivity contribution in [2.75, 3.05) is 49.6 Å². The van der Waals surface area contributed by atoms with E-state index >= 15 is 0 Å². The molecule has 2 aliphatic rings. The number of carbonyl (C=O) groups excluding carboxylic acids is 1. The Kier molecular flexibility index (Phi) is 4.77. The van der Waals surface area contributed by atoms with Crippen molar-refractivity contribution in [1.29, 1.82) is 0 Å². The monoisotopic (exact) mass is 392 g/mol. The molecule has 2 amide bonds. The van der Waals surface area contributed by atoms with E-state index in [0.29, 0.717) is 5.78 Å². The number of fused-ring (bicyclic) bond motifs is 1. The van der Waals surface area contributed by atoms with Crippen LogP contribution in [0.5, 0.6) is 0 Å². The van der Waals surface area contributed by atoms with Gasteiger partial charge in [0.25, 0.3) is 0 Å². The fourth-order valence-corrected chi connectivity index (χ4v) is 3.92. The number of hydrogen-bond donors (Lipinski definition) is 1. The summed E-state index contributed by atoms with van der Waals surface area (Å²) < 4.78 is 7.45. The summed E-state index contributed by atoms with van der Waals surface area (Å²) in [7, 11) is 0. The van der Waals surface area contributed by atoms with Crippen molar-refractivity contribution in [2.45, 2.75) is 12.8 Å². The van der Waals surface area contributed by atoms with Crippen LogP contribution in [0.25, 0.3) is 17.0 Å². The van der Waals surface area contributed by atoms with Gasteiger partial charge < -0.3 is 19.9 Å². The van der Waals surface area contributed by atoms with Crippen LogP contribution in [-0.2, 0) is 4.74 Å². The minimum atomic E-state index is -0.0357. The molecule has 0 atom stereocenters. The van der Waals surface area contributed by atoms with Gasteiger partial charge in [0.05, 0.1) is 25.1 Å². The molecular weight excluding hydrogens is 368 g/mol. The SMILES string of the molecule is O=C(Nc1cccc(-c2ccn3c(N4CCOCC4)cnc3n2)c1)N1CCCC1. The molecule has 2 aliphatic heterocycles. The van der Waals surface area contributed by atoms with Crippen LogP contribution in [0.2, 0.25) is 0 Å². The number of carbonyl (C=O) groups is 1. The molecule has 4 heterocycles. The number of amides is 2. The quantitative estimate of drug-likeness (QED) is 0.742. The molecule has 0 unspecified atom stereocenters. The number of morpholine rings is 1. The van der Waals surface area contributed by atoms with E-state index in [9.17, 15) is 4.79 Å². The number of benzene rings is 1. The Morgan fingerprint density at radius 1 is 1.07 bits per heavy atom. The van der Waals surface area contributed by atoms with E-state index in [-0.39, 0.29) is 6.03 Å². The van der Waals surface area contributed by atoms with Gasteiger partial charge in [-0.2, -0.15) is 0 Å². The summed E-state index contributed by atoms with van der Waals surface area (Å²) >= 11 is 0. The van der Waals surface area contributed by atoms with Crippen molar-refractivity contribution in [3.8, 4) is 11.3 Å². The molecule has 2 fully saturated rings. The average molecular weight is 392 g/mol. The second kappa shape index (κ2) is 7.71. The van der Waals surface area contributed by atoms with Crippen LogP contribution in [0.4, 0.5) is 16.3 Å². The van der Waals surface area contributed by atoms with Gasteiger partial charge in [0.1, 0.15) is 5.82 Å². The summed E-state index contributed by atoms with van der Waals surface area (Å²) in [6.45, 7) is 4.83. The second-order valence-electron chi connectivity index (χ2n) is 7.40. The molecule has 5 rings (SSSR count). The maximum absolute atomic E-state index is 12.4. The lowest BCUT2D eigenvalue weighted by Gasteiger charge is -2.27. The molecule has 1 N–H and O–H groups in total. The minimum Gasteiger partial charge on any atom is -0.378 e. The number of nitrogens with zero attached hydrogens (tertiary/aromatic N) is 5. The van der Waals surface area contributed by atoms with Gasteiger partial charge in [-0.25, -0.2) is 14.8 Å². The summed E-state index contributed by atoms with van der Waals surface area (Å²) in [5, 5.41) is 3.00. The summed E-state index contributed by atoms with van der Waals surface area (Å²) in [6.07, 6.45) is 6.03. The predicted octanol–water partition coefficient (Wildman–Crippen LogP) is 2.86. The summed E-state index contributed by atoms with van der Waals surface area (Å²) in [5.74, 6) is 1.70. The first-order chi connectivity index (χ1) is 14.3. The lowest BCUT2D eigenvalue weighted by Crippen LogP contribution is -2.36. The molecule has 0 bridgehead atoms. The number of aromatic nitrogens is 3. The highest BCUT2D eigenvalue weighted by Crippen LogP contribution is 2.24. The number of rotatable bonds is 3. The molecule has 8 nitrogen and oxygen atoms in total. The van der Waals surface area contributed by atoms with Crippen LogP contribution >= 0.6 is 0 Å². The fraction of sp³-hybridized carbons (Fsp3) is 0.381. The highest BCUT2D eigenvalue weighted by molar-refractivity contribution is 5.90. The van der Waals surface area contributed by atoms with Crippen LogP contribution in [0.1, 0.15) is 12.8 Å². The molecule has 8 heteroatoms. The number of anilines is 2. The number of imidazole rings is 1. The number of urea groups is 1. The molecule has 0 radical (unpaired) electrons. The summed E-state index contributed by atoms with van der Waals surface area (Å²) in [5.41, 5.74) is 2.55. The lowest BCUT2D eigenvalue weighted by molar-refractivity contribution is 0.122. The van der Waals surface area contributed by atoms with E-state index in [2.05, 4.69) is 15.2 Å². The largest absolute Gasteiger partial charge is 0.378 e. The van der Waals surface area contributed by atoms with E-state index in [1.807, 2.05) is 52.0 Å². The van der Waals surface area contributed by atoms with Gasteiger partial charge in [0, 0.05) is 43.6 Å². The zero-order chi connectivity index (χ0) is 19.6. The molecule has 2 saturated heterocycles. The van der Waals surface area contributed by atoms with Gasteiger partial charge >= 0.3 is 6.03 Å². The van der Waals surface area contributed by atoms with Crippen LogP contribution in [0, 0.1) is 0 Å². The highest BCUT2D eigenvalue weighted by atomic mass is 16.5. The first-order valence-electron chi connectivity index (χ1n) is 10.1. The van der Waals surface area contributed by atoms with Crippen LogP contribution in [0.3, 0.4) is 0 Å². The smallest absolute Gasteiger partial charge is 0.321 e. The number of hydrogen-bond acceptors (Lipinski definition) is 5. The predicted molar refractivity (Wildman–Crippen MR) is 111 cm³/mol. The Balaban J connectivity index is 1.38. The topological polar surface area (TPSA) is 75.0 Å². The minimum absolute atomic E-state index is 0.0357. The number of likely N-dealkylation sites (tertiary alicyclic amines) is 1. The van der Waals surface area contributed by atoms with Crippen molar-refractivity contribution in [2.24, 2.45) is 0 Å². The molecule has 150 valence electrons. The van der Waals surface area contributed by atoms with Crippen molar-refractivity contribution >= 4 is 23.3 Å². The zero-order valence-electron chi connectivity index (χ0n) is 16.3. The van der Waals surface area contributed by atoms with Gasteiger partial charge in [0.2, 0.25) is 5.78 Å². The van der Waals surface area contributed by atoms with E-state index in [4.69, 9.17) is 9.72 Å². The third-order valence-electron chi connectivity index (χ3n) is 5.50. The number of ether oxygens (including phenoxy) is 1. The molecule has 0 spiro atoms. The average Bonchev–Trinajstić information content (AvgIpc) is 3.44. The Hall–Kier alpha value is -3.13. The molecule has 2 aromatic heterocycles. The maximum atomic E-state index is 12.4. The Morgan fingerprint density at radius 3 is 2.72 bits per heavy atom. The van der Waals surface area contributed by atoms with Crippen LogP contribution < -0.4 is 10.2 Å². The Labute approximate surface area is 169 Å². The molecular formula is C21H24N6O2. The normalized spacial score (nSPS) is 17.1. The third kappa shape index (κ3) is 3.63. The van der Waals surface area contributed by atoms with Gasteiger partial charge in [-0.15, -0.1) is 0 Å². The zero-order valence-corrected chi connectivity index (χ0v) is 16.3. The second-order valence-corrected chi connectivity index (χ2v) is 7.40. The first kappa shape index (κ1) is 17.9. The maximum Gasteiger partial charge on any atom is 0.321 e. The van der Waals surface area contributed by atoms with Crippen LogP contribution in [0.15, 0.2) is 42.7 Å². The summed E-state index contributed by atoms with van der Waals surface area (Å²) in [4.78, 5) is 25.7. The van der Waals surface area contributed by atoms with E-state index in [1.165, 1.54) is 0 Å². The highest BCUT2D eigenvalue weighted by Gasteiger charge is 2.18. The first-order valence-corrected chi connectivity index (χ1v) is 10.1. The molecule has 1 aromatic carbocycles. The third-order valence-corrected chi connectivity index (χ3v) is 5.50. The van der Waals surface area contributed by atoms with Gasteiger partial charge in [-0.1, -0.05) is 12.1 Å². The van der Waals surface area contributed by atoms with E-state index in [0.717, 1.165) is 75.0 Å². The van der Waals surface area contributed by atoms with Crippen molar-refractivity contribution in [3.63, 3.8) is 0 Å². The Morgan fingerprint density at radius 2 is 1.90 bits per heavy atom. The van der Waals surface area contributed by atoms with Gasteiger partial charge in [-0.3, -0.25) is 4.40 Å². The molecule has 29 heavy (non-hydrogen) atoms. The molecule has 0 saturated carbocycles. The van der Waals surface area contributed by atoms with Gasteiger partial charge in [0.15, 0.2) is 0 Å². The van der Waals surface area contributed by atoms with E-state index in [1.54, 1.807) is 0 Å².